The molecule has 0 amide bonds. The fraction of sp³-hybridized carbons (Fsp3) is 0.750. The maximum absolute atomic E-state index is 10.7. The first-order valence-corrected chi connectivity index (χ1v) is 6.74. The zero-order chi connectivity index (χ0) is 13.7. The van der Waals surface area contributed by atoms with Crippen LogP contribution in [-0.2, 0) is 6.54 Å². The summed E-state index contributed by atoms with van der Waals surface area (Å²) < 4.78 is 1.55. The van der Waals surface area contributed by atoms with Gasteiger partial charge in [-0.05, 0) is 32.9 Å². The first-order valence-electron chi connectivity index (χ1n) is 6.74. The second-order valence-electron chi connectivity index (χ2n) is 5.03. The van der Waals surface area contributed by atoms with Crippen LogP contribution >= 0.6 is 0 Å². The van der Waals surface area contributed by atoms with Crippen molar-refractivity contribution in [1.82, 2.24) is 25.2 Å². The Morgan fingerprint density at radius 3 is 2.89 bits per heavy atom. The molecule has 0 aromatic carbocycles. The van der Waals surface area contributed by atoms with Gasteiger partial charge < -0.3 is 15.3 Å². The summed E-state index contributed by atoms with van der Waals surface area (Å²) >= 11 is 0. The third kappa shape index (κ3) is 4.29. The Morgan fingerprint density at radius 1 is 1.53 bits per heavy atom. The minimum Gasteiger partial charge on any atom is -0.476 e. The minimum absolute atomic E-state index is 0.00915. The summed E-state index contributed by atoms with van der Waals surface area (Å²) in [6, 6.07) is 0.431. The van der Waals surface area contributed by atoms with E-state index in [1.165, 1.54) is 32.1 Å². The number of nitrogens with zero attached hydrogens (tertiary/aromatic N) is 4. The molecule has 1 atom stereocenters. The van der Waals surface area contributed by atoms with Crippen molar-refractivity contribution in [2.24, 2.45) is 0 Å². The van der Waals surface area contributed by atoms with Gasteiger partial charge >= 0.3 is 5.97 Å². The summed E-state index contributed by atoms with van der Waals surface area (Å²) in [6.45, 7) is 7.04. The highest BCUT2D eigenvalue weighted by Crippen LogP contribution is 2.07. The third-order valence-corrected chi connectivity index (χ3v) is 3.32. The molecule has 1 aromatic heterocycles. The van der Waals surface area contributed by atoms with Gasteiger partial charge in [0.2, 0.25) is 0 Å². The summed E-state index contributed by atoms with van der Waals surface area (Å²) in [4.78, 5) is 13.1. The predicted octanol–water partition coefficient (Wildman–Crippen LogP) is 0.0502. The van der Waals surface area contributed by atoms with Crippen molar-refractivity contribution in [2.45, 2.75) is 32.4 Å². The molecule has 0 spiro atoms. The van der Waals surface area contributed by atoms with E-state index >= 15 is 0 Å². The molecule has 0 saturated carbocycles. The Kier molecular flexibility index (Phi) is 4.86. The highest BCUT2D eigenvalue weighted by Gasteiger charge is 2.14. The van der Waals surface area contributed by atoms with Gasteiger partial charge in [-0.25, -0.2) is 4.79 Å². The lowest BCUT2D eigenvalue weighted by Crippen LogP contribution is -2.39. The summed E-state index contributed by atoms with van der Waals surface area (Å²) in [5.74, 6) is -1.04. The number of hydrogen-bond acceptors (Lipinski definition) is 5. The van der Waals surface area contributed by atoms with Crippen LogP contribution in [0.1, 0.15) is 30.3 Å². The first kappa shape index (κ1) is 14.0. The number of carboxylic acid groups (broad SMARTS) is 1. The van der Waals surface area contributed by atoms with Gasteiger partial charge in [0.15, 0.2) is 5.69 Å². The molecule has 1 fully saturated rings. The van der Waals surface area contributed by atoms with Crippen LogP contribution in [0.5, 0.6) is 0 Å². The van der Waals surface area contributed by atoms with E-state index in [9.17, 15) is 4.79 Å². The van der Waals surface area contributed by atoms with Crippen LogP contribution in [0.3, 0.4) is 0 Å². The normalized spacial score (nSPS) is 17.7. The standard InChI is InChI=1S/C12H21N5O2/c1-10(8-16-5-2-3-6-16)13-4-7-17-9-11(12(18)19)14-15-17/h9-10,13H,2-8H2,1H3,(H,18,19). The number of hydrogen-bond donors (Lipinski definition) is 2. The number of carboxylic acids is 1. The average Bonchev–Trinajstić information content (AvgIpc) is 3.00. The number of aromatic nitrogens is 3. The van der Waals surface area contributed by atoms with E-state index in [0.717, 1.165) is 13.1 Å². The summed E-state index contributed by atoms with van der Waals surface area (Å²) in [7, 11) is 0. The van der Waals surface area contributed by atoms with Crippen LogP contribution in [0.4, 0.5) is 0 Å². The van der Waals surface area contributed by atoms with Crippen molar-refractivity contribution in [3.8, 4) is 0 Å². The first-order chi connectivity index (χ1) is 9.15. The fourth-order valence-electron chi connectivity index (χ4n) is 2.35. The van der Waals surface area contributed by atoms with Gasteiger partial charge in [0, 0.05) is 19.1 Å². The zero-order valence-electron chi connectivity index (χ0n) is 11.2. The van der Waals surface area contributed by atoms with Gasteiger partial charge in [-0.1, -0.05) is 5.21 Å². The van der Waals surface area contributed by atoms with E-state index in [4.69, 9.17) is 5.11 Å². The van der Waals surface area contributed by atoms with Gasteiger partial charge in [-0.2, -0.15) is 0 Å². The smallest absolute Gasteiger partial charge is 0.358 e. The molecular weight excluding hydrogens is 246 g/mol. The topological polar surface area (TPSA) is 83.3 Å². The van der Waals surface area contributed by atoms with Crippen LogP contribution in [0.15, 0.2) is 6.20 Å². The van der Waals surface area contributed by atoms with E-state index in [1.807, 2.05) is 0 Å². The van der Waals surface area contributed by atoms with Crippen LogP contribution in [0.25, 0.3) is 0 Å². The minimum atomic E-state index is -1.04. The lowest BCUT2D eigenvalue weighted by Gasteiger charge is -2.21. The van der Waals surface area contributed by atoms with Crippen LogP contribution < -0.4 is 5.32 Å². The maximum Gasteiger partial charge on any atom is 0.358 e. The molecule has 19 heavy (non-hydrogen) atoms. The predicted molar refractivity (Wildman–Crippen MR) is 70.1 cm³/mol. The SMILES string of the molecule is CC(CN1CCCC1)NCCn1cc(C(=O)O)nn1. The molecule has 0 bridgehead atoms. The van der Waals surface area contributed by atoms with Crippen LogP contribution in [-0.4, -0.2) is 63.2 Å². The van der Waals surface area contributed by atoms with Gasteiger partial charge in [-0.15, -0.1) is 5.10 Å². The monoisotopic (exact) mass is 267 g/mol. The summed E-state index contributed by atoms with van der Waals surface area (Å²) in [5.41, 5.74) is -0.00915. The molecule has 2 N–H and O–H groups in total. The zero-order valence-corrected chi connectivity index (χ0v) is 11.2. The average molecular weight is 267 g/mol. The highest BCUT2D eigenvalue weighted by molar-refractivity contribution is 5.84. The second kappa shape index (κ2) is 6.63. The maximum atomic E-state index is 10.7. The van der Waals surface area contributed by atoms with Crippen LogP contribution in [0.2, 0.25) is 0 Å². The number of aromatic carboxylic acids is 1. The molecular formula is C12H21N5O2. The van der Waals surface area contributed by atoms with Crippen molar-refractivity contribution in [2.75, 3.05) is 26.2 Å². The summed E-state index contributed by atoms with van der Waals surface area (Å²) in [6.07, 6.45) is 4.07. The largest absolute Gasteiger partial charge is 0.476 e. The lowest BCUT2D eigenvalue weighted by molar-refractivity contribution is 0.0690. The van der Waals surface area contributed by atoms with Gasteiger partial charge in [0.05, 0.1) is 12.7 Å². The molecule has 1 aliphatic rings. The Hall–Kier alpha value is -1.47. The number of rotatable bonds is 7. The lowest BCUT2D eigenvalue weighted by atomic mass is 10.3. The highest BCUT2D eigenvalue weighted by atomic mass is 16.4. The molecule has 2 heterocycles. The molecule has 7 heteroatoms. The van der Waals surface area contributed by atoms with Gasteiger partial charge in [0.1, 0.15) is 0 Å². The molecule has 7 nitrogen and oxygen atoms in total. The van der Waals surface area contributed by atoms with Crippen molar-refractivity contribution in [3.63, 3.8) is 0 Å². The molecule has 1 aromatic rings. The van der Waals surface area contributed by atoms with Crippen LogP contribution in [0, 0.1) is 0 Å². The molecule has 1 aliphatic heterocycles. The molecule has 0 radical (unpaired) electrons. The van der Waals surface area contributed by atoms with Crippen molar-refractivity contribution < 1.29 is 9.90 Å². The Bertz CT molecular complexity index is 414. The molecule has 0 aliphatic carbocycles. The van der Waals surface area contributed by atoms with Gasteiger partial charge in [-0.3, -0.25) is 4.68 Å². The van der Waals surface area contributed by atoms with E-state index in [-0.39, 0.29) is 5.69 Å². The third-order valence-electron chi connectivity index (χ3n) is 3.32. The van der Waals surface area contributed by atoms with Crippen molar-refractivity contribution in [3.05, 3.63) is 11.9 Å². The Labute approximate surface area is 112 Å². The molecule has 1 saturated heterocycles. The van der Waals surface area contributed by atoms with Gasteiger partial charge in [0.25, 0.3) is 0 Å². The Balaban J connectivity index is 1.65. The number of nitrogens with one attached hydrogen (secondary N) is 1. The van der Waals surface area contributed by atoms with E-state index in [1.54, 1.807) is 4.68 Å². The number of carbonyl (C=O) groups is 1. The van der Waals surface area contributed by atoms with E-state index in [2.05, 4.69) is 27.5 Å². The molecule has 1 unspecified atom stereocenters. The Morgan fingerprint density at radius 2 is 2.26 bits per heavy atom. The van der Waals surface area contributed by atoms with Crippen molar-refractivity contribution in [1.29, 1.82) is 0 Å². The molecule has 2 rings (SSSR count). The fourth-order valence-corrected chi connectivity index (χ4v) is 2.35. The second-order valence-corrected chi connectivity index (χ2v) is 5.03. The van der Waals surface area contributed by atoms with Crippen molar-refractivity contribution >= 4 is 5.97 Å². The number of likely N-dealkylation sites (tertiary alicyclic amines) is 1. The molecule has 106 valence electrons. The summed E-state index contributed by atoms with van der Waals surface area (Å²) in [5, 5.41) is 19.5. The van der Waals surface area contributed by atoms with E-state index < -0.39 is 5.97 Å². The van der Waals surface area contributed by atoms with E-state index in [0.29, 0.717) is 12.6 Å². The quantitative estimate of drug-likeness (QED) is 0.726.